The van der Waals surface area contributed by atoms with Crippen LogP contribution in [0.4, 0.5) is 5.69 Å². The van der Waals surface area contributed by atoms with E-state index in [1.54, 1.807) is 6.07 Å². The molecule has 16 heavy (non-hydrogen) atoms. The summed E-state index contributed by atoms with van der Waals surface area (Å²) in [7, 11) is 0. The van der Waals surface area contributed by atoms with E-state index in [4.69, 9.17) is 5.73 Å². The van der Waals surface area contributed by atoms with Gasteiger partial charge in [0.15, 0.2) is 0 Å². The second-order valence-electron chi connectivity index (χ2n) is 4.02. The SMILES string of the molecule is CCN(CC)CCCc1ccc(O)c(N)c1. The monoisotopic (exact) mass is 222 g/mol. The molecule has 0 fully saturated rings. The number of benzene rings is 1. The van der Waals surface area contributed by atoms with Crippen molar-refractivity contribution >= 4 is 5.69 Å². The fourth-order valence-corrected chi connectivity index (χ4v) is 1.81. The van der Waals surface area contributed by atoms with Crippen LogP contribution in [-0.4, -0.2) is 29.6 Å². The number of phenolic OH excluding ortho intramolecular Hbond substituents is 1. The molecule has 0 saturated heterocycles. The third-order valence-corrected chi connectivity index (χ3v) is 2.93. The number of rotatable bonds is 6. The molecule has 0 saturated carbocycles. The summed E-state index contributed by atoms with van der Waals surface area (Å²) < 4.78 is 0. The third-order valence-electron chi connectivity index (χ3n) is 2.93. The number of nitrogens with zero attached hydrogens (tertiary/aromatic N) is 1. The first-order valence-corrected chi connectivity index (χ1v) is 5.97. The molecule has 0 bridgehead atoms. The molecule has 0 spiro atoms. The van der Waals surface area contributed by atoms with E-state index >= 15 is 0 Å². The maximum absolute atomic E-state index is 9.30. The third kappa shape index (κ3) is 3.74. The molecule has 0 aliphatic carbocycles. The van der Waals surface area contributed by atoms with Crippen molar-refractivity contribution in [1.29, 1.82) is 0 Å². The molecule has 1 aromatic carbocycles. The highest BCUT2D eigenvalue weighted by Gasteiger charge is 2.01. The molecular formula is C13H22N2O. The van der Waals surface area contributed by atoms with Crippen LogP contribution in [0.3, 0.4) is 0 Å². The normalized spacial score (nSPS) is 10.9. The molecule has 3 N–H and O–H groups in total. The molecule has 3 heteroatoms. The van der Waals surface area contributed by atoms with Crippen molar-refractivity contribution in [3.63, 3.8) is 0 Å². The van der Waals surface area contributed by atoms with E-state index in [2.05, 4.69) is 18.7 Å². The van der Waals surface area contributed by atoms with Gasteiger partial charge in [-0.05, 0) is 50.2 Å². The largest absolute Gasteiger partial charge is 0.506 e. The smallest absolute Gasteiger partial charge is 0.138 e. The highest BCUT2D eigenvalue weighted by atomic mass is 16.3. The highest BCUT2D eigenvalue weighted by Crippen LogP contribution is 2.21. The Labute approximate surface area is 97.9 Å². The molecule has 0 radical (unpaired) electrons. The summed E-state index contributed by atoms with van der Waals surface area (Å²) in [5, 5.41) is 9.30. The van der Waals surface area contributed by atoms with Crippen LogP contribution in [0.15, 0.2) is 18.2 Å². The lowest BCUT2D eigenvalue weighted by Crippen LogP contribution is -2.24. The van der Waals surface area contributed by atoms with Crippen molar-refractivity contribution in [1.82, 2.24) is 4.90 Å². The van der Waals surface area contributed by atoms with Crippen molar-refractivity contribution in [2.45, 2.75) is 26.7 Å². The summed E-state index contributed by atoms with van der Waals surface area (Å²) in [5.41, 5.74) is 7.31. The zero-order chi connectivity index (χ0) is 12.0. The first kappa shape index (κ1) is 12.8. The van der Waals surface area contributed by atoms with Crippen molar-refractivity contribution in [3.8, 4) is 5.75 Å². The van der Waals surface area contributed by atoms with E-state index in [1.807, 2.05) is 12.1 Å². The van der Waals surface area contributed by atoms with Crippen LogP contribution < -0.4 is 5.73 Å². The van der Waals surface area contributed by atoms with Crippen LogP contribution >= 0.6 is 0 Å². The molecular weight excluding hydrogens is 200 g/mol. The van der Waals surface area contributed by atoms with Crippen LogP contribution in [0, 0.1) is 0 Å². The summed E-state index contributed by atoms with van der Waals surface area (Å²) in [6.45, 7) is 7.69. The van der Waals surface area contributed by atoms with Gasteiger partial charge >= 0.3 is 0 Å². The van der Waals surface area contributed by atoms with Gasteiger partial charge in [-0.15, -0.1) is 0 Å². The van der Waals surface area contributed by atoms with Gasteiger partial charge in [0.1, 0.15) is 5.75 Å². The van der Waals surface area contributed by atoms with Crippen molar-refractivity contribution < 1.29 is 5.11 Å². The topological polar surface area (TPSA) is 49.5 Å². The van der Waals surface area contributed by atoms with E-state index < -0.39 is 0 Å². The molecule has 0 unspecified atom stereocenters. The molecule has 0 aliphatic rings. The van der Waals surface area contributed by atoms with Crippen molar-refractivity contribution in [2.24, 2.45) is 0 Å². The molecule has 0 atom stereocenters. The Morgan fingerprint density at radius 2 is 1.94 bits per heavy atom. The van der Waals surface area contributed by atoms with Gasteiger partial charge in [-0.1, -0.05) is 19.9 Å². The number of aromatic hydroxyl groups is 1. The van der Waals surface area contributed by atoms with Gasteiger partial charge in [0.2, 0.25) is 0 Å². The maximum Gasteiger partial charge on any atom is 0.138 e. The minimum atomic E-state index is 0.174. The van der Waals surface area contributed by atoms with Gasteiger partial charge in [0.25, 0.3) is 0 Å². The van der Waals surface area contributed by atoms with Crippen molar-refractivity contribution in [3.05, 3.63) is 23.8 Å². The summed E-state index contributed by atoms with van der Waals surface area (Å²) in [6.07, 6.45) is 2.15. The number of aryl methyl sites for hydroxylation is 1. The van der Waals surface area contributed by atoms with E-state index in [1.165, 1.54) is 5.56 Å². The van der Waals surface area contributed by atoms with Crippen LogP contribution in [0.2, 0.25) is 0 Å². The quantitative estimate of drug-likeness (QED) is 0.573. The Morgan fingerprint density at radius 1 is 1.25 bits per heavy atom. The number of hydrogen-bond acceptors (Lipinski definition) is 3. The van der Waals surface area contributed by atoms with Crippen molar-refractivity contribution in [2.75, 3.05) is 25.4 Å². The average Bonchev–Trinajstić information content (AvgIpc) is 2.29. The van der Waals surface area contributed by atoms with Crippen LogP contribution in [0.1, 0.15) is 25.8 Å². The summed E-state index contributed by atoms with van der Waals surface area (Å²) in [6, 6.07) is 5.47. The maximum atomic E-state index is 9.30. The predicted octanol–water partition coefficient (Wildman–Crippen LogP) is 2.25. The Bertz CT molecular complexity index is 322. The second kappa shape index (κ2) is 6.38. The van der Waals surface area contributed by atoms with Gasteiger partial charge in [-0.2, -0.15) is 0 Å². The minimum Gasteiger partial charge on any atom is -0.506 e. The Balaban J connectivity index is 2.40. The Hall–Kier alpha value is -1.22. The minimum absolute atomic E-state index is 0.174. The Kier molecular flexibility index (Phi) is 5.12. The first-order valence-electron chi connectivity index (χ1n) is 5.97. The summed E-state index contributed by atoms with van der Waals surface area (Å²) in [5.74, 6) is 0.174. The molecule has 0 aliphatic heterocycles. The zero-order valence-corrected chi connectivity index (χ0v) is 10.2. The average molecular weight is 222 g/mol. The van der Waals surface area contributed by atoms with Crippen LogP contribution in [0.25, 0.3) is 0 Å². The standard InChI is InChI=1S/C13H22N2O/c1-3-15(4-2)9-5-6-11-7-8-13(16)12(14)10-11/h7-8,10,16H,3-6,9,14H2,1-2H3. The fourth-order valence-electron chi connectivity index (χ4n) is 1.81. The van der Waals surface area contributed by atoms with Gasteiger partial charge in [0.05, 0.1) is 5.69 Å². The van der Waals surface area contributed by atoms with E-state index in [-0.39, 0.29) is 5.75 Å². The summed E-state index contributed by atoms with van der Waals surface area (Å²) in [4.78, 5) is 2.41. The molecule has 1 aromatic rings. The Morgan fingerprint density at radius 3 is 2.50 bits per heavy atom. The van der Waals surface area contributed by atoms with Crippen LogP contribution in [-0.2, 0) is 6.42 Å². The van der Waals surface area contributed by atoms with Gasteiger partial charge in [-0.3, -0.25) is 0 Å². The predicted molar refractivity (Wildman–Crippen MR) is 68.6 cm³/mol. The first-order chi connectivity index (χ1) is 7.67. The molecule has 1 rings (SSSR count). The van der Waals surface area contributed by atoms with E-state index in [0.717, 1.165) is 32.5 Å². The number of hydrogen-bond donors (Lipinski definition) is 2. The lowest BCUT2D eigenvalue weighted by atomic mass is 10.1. The number of nitrogen functional groups attached to an aromatic ring is 1. The highest BCUT2D eigenvalue weighted by molar-refractivity contribution is 5.53. The molecule has 0 aromatic heterocycles. The van der Waals surface area contributed by atoms with E-state index in [0.29, 0.717) is 5.69 Å². The van der Waals surface area contributed by atoms with Gasteiger partial charge in [0, 0.05) is 0 Å². The second-order valence-corrected chi connectivity index (χ2v) is 4.02. The number of phenols is 1. The number of anilines is 1. The molecule has 3 nitrogen and oxygen atoms in total. The fraction of sp³-hybridized carbons (Fsp3) is 0.538. The van der Waals surface area contributed by atoms with Crippen LogP contribution in [0.5, 0.6) is 5.75 Å². The molecule has 0 heterocycles. The lowest BCUT2D eigenvalue weighted by molar-refractivity contribution is 0.300. The molecule has 90 valence electrons. The zero-order valence-electron chi connectivity index (χ0n) is 10.2. The summed E-state index contributed by atoms with van der Waals surface area (Å²) >= 11 is 0. The van der Waals surface area contributed by atoms with E-state index in [9.17, 15) is 5.11 Å². The molecule has 0 amide bonds. The van der Waals surface area contributed by atoms with Gasteiger partial charge < -0.3 is 15.7 Å². The lowest BCUT2D eigenvalue weighted by Gasteiger charge is -2.17. The number of nitrogens with two attached hydrogens (primary N) is 1. The van der Waals surface area contributed by atoms with Gasteiger partial charge in [-0.25, -0.2) is 0 Å².